The molecular weight excluding hydrogens is 325 g/mol. The van der Waals surface area contributed by atoms with Crippen LogP contribution in [0.4, 0.5) is 4.39 Å². The lowest BCUT2D eigenvalue weighted by atomic mass is 10.1. The van der Waals surface area contributed by atoms with Crippen molar-refractivity contribution in [1.82, 2.24) is 4.90 Å². The Bertz CT molecular complexity index is 759. The molecule has 0 heterocycles. The molecule has 2 rings (SSSR count). The maximum Gasteiger partial charge on any atom is 0.341 e. The van der Waals surface area contributed by atoms with Crippen LogP contribution < -0.4 is 4.74 Å². The first-order chi connectivity index (χ1) is 11.9. The summed E-state index contributed by atoms with van der Waals surface area (Å²) >= 11 is 0. The van der Waals surface area contributed by atoms with Gasteiger partial charge in [-0.05, 0) is 24.6 Å². The summed E-state index contributed by atoms with van der Waals surface area (Å²) in [4.78, 5) is 25.4. The summed E-state index contributed by atoms with van der Waals surface area (Å²) in [5.41, 5.74) is 1.86. The van der Waals surface area contributed by atoms with E-state index < -0.39 is 18.4 Å². The maximum absolute atomic E-state index is 13.8. The third kappa shape index (κ3) is 5.04. The highest BCUT2D eigenvalue weighted by molar-refractivity contribution is 5.91. The molecule has 0 aliphatic carbocycles. The number of benzene rings is 2. The third-order valence-corrected chi connectivity index (χ3v) is 3.69. The standard InChI is InChI=1S/C19H20FNO4/c1-13-4-6-14(7-5-13)11-21(2)18(22)12-25-19(23)16-9-8-15(24-3)10-17(16)20/h4-10H,11-12H2,1-3H3. The first-order valence-electron chi connectivity index (χ1n) is 7.71. The summed E-state index contributed by atoms with van der Waals surface area (Å²) in [6.07, 6.45) is 0. The Morgan fingerprint density at radius 2 is 1.80 bits per heavy atom. The van der Waals surface area contributed by atoms with Gasteiger partial charge in [-0.25, -0.2) is 9.18 Å². The van der Waals surface area contributed by atoms with E-state index in [2.05, 4.69) is 0 Å². The molecule has 132 valence electrons. The topological polar surface area (TPSA) is 55.8 Å². The zero-order valence-electron chi connectivity index (χ0n) is 14.4. The second kappa shape index (κ2) is 8.28. The molecule has 0 N–H and O–H groups in total. The number of carbonyl (C=O) groups excluding carboxylic acids is 2. The number of nitrogens with zero attached hydrogens (tertiary/aromatic N) is 1. The van der Waals surface area contributed by atoms with Crippen LogP contribution in [0.15, 0.2) is 42.5 Å². The first kappa shape index (κ1) is 18.4. The van der Waals surface area contributed by atoms with Gasteiger partial charge >= 0.3 is 5.97 Å². The number of hydrogen-bond donors (Lipinski definition) is 0. The van der Waals surface area contributed by atoms with Crippen LogP contribution in [0.25, 0.3) is 0 Å². The van der Waals surface area contributed by atoms with E-state index in [9.17, 15) is 14.0 Å². The molecule has 0 atom stereocenters. The lowest BCUT2D eigenvalue weighted by Gasteiger charge is -2.17. The van der Waals surface area contributed by atoms with Gasteiger partial charge in [0.25, 0.3) is 5.91 Å². The molecule has 0 spiro atoms. The van der Waals surface area contributed by atoms with Crippen molar-refractivity contribution >= 4 is 11.9 Å². The van der Waals surface area contributed by atoms with E-state index in [0.29, 0.717) is 12.3 Å². The van der Waals surface area contributed by atoms with Crippen LogP contribution >= 0.6 is 0 Å². The predicted molar refractivity (Wildman–Crippen MR) is 90.9 cm³/mol. The normalized spacial score (nSPS) is 10.2. The van der Waals surface area contributed by atoms with Gasteiger partial charge in [-0.2, -0.15) is 0 Å². The van der Waals surface area contributed by atoms with Gasteiger partial charge in [0.05, 0.1) is 12.7 Å². The van der Waals surface area contributed by atoms with Gasteiger partial charge in [-0.15, -0.1) is 0 Å². The van der Waals surface area contributed by atoms with Gasteiger partial charge in [0.15, 0.2) is 6.61 Å². The van der Waals surface area contributed by atoms with Crippen molar-refractivity contribution < 1.29 is 23.5 Å². The average Bonchev–Trinajstić information content (AvgIpc) is 2.61. The van der Waals surface area contributed by atoms with E-state index in [1.165, 1.54) is 24.1 Å². The molecule has 0 unspecified atom stereocenters. The number of halogens is 1. The molecule has 5 nitrogen and oxygen atoms in total. The molecule has 0 aliphatic heterocycles. The van der Waals surface area contributed by atoms with Crippen LogP contribution in [0.5, 0.6) is 5.75 Å². The zero-order valence-corrected chi connectivity index (χ0v) is 14.4. The van der Waals surface area contributed by atoms with Gasteiger partial charge in [0, 0.05) is 19.7 Å². The second-order valence-electron chi connectivity index (χ2n) is 5.66. The number of amides is 1. The van der Waals surface area contributed by atoms with Crippen molar-refractivity contribution in [1.29, 1.82) is 0 Å². The number of methoxy groups -OCH3 is 1. The van der Waals surface area contributed by atoms with Gasteiger partial charge in [-0.3, -0.25) is 4.79 Å². The highest BCUT2D eigenvalue weighted by atomic mass is 19.1. The molecule has 2 aromatic rings. The zero-order chi connectivity index (χ0) is 18.4. The minimum Gasteiger partial charge on any atom is -0.497 e. The van der Waals surface area contributed by atoms with E-state index in [4.69, 9.17) is 9.47 Å². The Kier molecular flexibility index (Phi) is 6.11. The van der Waals surface area contributed by atoms with E-state index in [0.717, 1.165) is 17.2 Å². The average molecular weight is 345 g/mol. The predicted octanol–water partition coefficient (Wildman–Crippen LogP) is 2.96. The van der Waals surface area contributed by atoms with Crippen LogP contribution in [0.3, 0.4) is 0 Å². The molecule has 25 heavy (non-hydrogen) atoms. The number of hydrogen-bond acceptors (Lipinski definition) is 4. The summed E-state index contributed by atoms with van der Waals surface area (Å²) in [5, 5.41) is 0. The smallest absolute Gasteiger partial charge is 0.341 e. The summed E-state index contributed by atoms with van der Waals surface area (Å²) < 4.78 is 23.6. The summed E-state index contributed by atoms with van der Waals surface area (Å²) in [6.45, 7) is 1.93. The molecule has 1 amide bonds. The molecule has 0 bridgehead atoms. The van der Waals surface area contributed by atoms with Crippen LogP contribution in [-0.2, 0) is 16.1 Å². The molecular formula is C19H20FNO4. The van der Waals surface area contributed by atoms with Crippen molar-refractivity contribution in [2.45, 2.75) is 13.5 Å². The minimum atomic E-state index is -0.891. The summed E-state index contributed by atoms with van der Waals surface area (Å²) in [6, 6.07) is 11.6. The van der Waals surface area contributed by atoms with E-state index in [-0.39, 0.29) is 11.5 Å². The Morgan fingerprint density at radius 1 is 1.12 bits per heavy atom. The largest absolute Gasteiger partial charge is 0.497 e. The lowest BCUT2D eigenvalue weighted by molar-refractivity contribution is -0.133. The molecule has 0 saturated carbocycles. The van der Waals surface area contributed by atoms with Crippen molar-refractivity contribution in [3.63, 3.8) is 0 Å². The molecule has 0 aliphatic rings. The number of likely N-dealkylation sites (N-methyl/N-ethyl adjacent to an activating group) is 1. The van der Waals surface area contributed by atoms with Gasteiger partial charge in [-0.1, -0.05) is 29.8 Å². The van der Waals surface area contributed by atoms with Crippen LogP contribution in [0.1, 0.15) is 21.5 Å². The van der Waals surface area contributed by atoms with E-state index >= 15 is 0 Å². The van der Waals surface area contributed by atoms with Crippen LogP contribution in [0, 0.1) is 12.7 Å². The third-order valence-electron chi connectivity index (χ3n) is 3.69. The Labute approximate surface area is 146 Å². The highest BCUT2D eigenvalue weighted by Crippen LogP contribution is 2.17. The Morgan fingerprint density at radius 3 is 2.40 bits per heavy atom. The minimum absolute atomic E-state index is 0.241. The Hall–Kier alpha value is -2.89. The van der Waals surface area contributed by atoms with Crippen molar-refractivity contribution in [2.75, 3.05) is 20.8 Å². The number of esters is 1. The summed E-state index contributed by atoms with van der Waals surface area (Å²) in [7, 11) is 3.01. The number of ether oxygens (including phenoxy) is 2. The fraction of sp³-hybridized carbons (Fsp3) is 0.263. The molecule has 0 radical (unpaired) electrons. The molecule has 0 fully saturated rings. The first-order valence-corrected chi connectivity index (χ1v) is 7.71. The van der Waals surface area contributed by atoms with Crippen molar-refractivity contribution in [2.24, 2.45) is 0 Å². The lowest BCUT2D eigenvalue weighted by Crippen LogP contribution is -2.30. The molecule has 0 saturated heterocycles. The van der Waals surface area contributed by atoms with Crippen LogP contribution in [-0.4, -0.2) is 37.5 Å². The van der Waals surface area contributed by atoms with Crippen molar-refractivity contribution in [3.05, 3.63) is 65.0 Å². The van der Waals surface area contributed by atoms with E-state index in [1.54, 1.807) is 7.05 Å². The SMILES string of the molecule is COc1ccc(C(=O)OCC(=O)N(C)Cc2ccc(C)cc2)c(F)c1. The van der Waals surface area contributed by atoms with Crippen LogP contribution in [0.2, 0.25) is 0 Å². The fourth-order valence-corrected chi connectivity index (χ4v) is 2.16. The molecule has 2 aromatic carbocycles. The Balaban J connectivity index is 1.90. The number of carbonyl (C=O) groups is 2. The van der Waals surface area contributed by atoms with E-state index in [1.807, 2.05) is 31.2 Å². The number of rotatable bonds is 6. The maximum atomic E-state index is 13.8. The molecule has 6 heteroatoms. The van der Waals surface area contributed by atoms with Gasteiger partial charge in [0.1, 0.15) is 11.6 Å². The molecule has 0 aromatic heterocycles. The monoisotopic (exact) mass is 345 g/mol. The summed E-state index contributed by atoms with van der Waals surface area (Å²) in [5.74, 6) is -1.73. The van der Waals surface area contributed by atoms with Gasteiger partial charge in [0.2, 0.25) is 0 Å². The second-order valence-corrected chi connectivity index (χ2v) is 5.66. The fourth-order valence-electron chi connectivity index (χ4n) is 2.16. The quantitative estimate of drug-likeness (QED) is 0.756. The number of aryl methyl sites for hydroxylation is 1. The van der Waals surface area contributed by atoms with Crippen molar-refractivity contribution in [3.8, 4) is 5.75 Å². The highest BCUT2D eigenvalue weighted by Gasteiger charge is 2.17. The van der Waals surface area contributed by atoms with Gasteiger partial charge < -0.3 is 14.4 Å².